The Morgan fingerprint density at radius 3 is 2.03 bits per heavy atom. The van der Waals surface area contributed by atoms with Crippen molar-refractivity contribution in [2.45, 2.75) is 27.3 Å². The van der Waals surface area contributed by atoms with Gasteiger partial charge in [0.05, 0.1) is 11.3 Å². The number of para-hydroxylation sites is 1. The molecule has 3 aromatic rings. The second-order valence-electron chi connectivity index (χ2n) is 7.80. The highest BCUT2D eigenvalue weighted by atomic mass is 16.2. The van der Waals surface area contributed by atoms with Crippen molar-refractivity contribution in [1.82, 2.24) is 4.90 Å². The topological polar surface area (TPSA) is 40.6 Å². The molecule has 1 aliphatic rings. The molecule has 4 heteroatoms. The molecule has 0 aliphatic carbocycles. The SMILES string of the molecule is CCN(Cc1ccccc1)C1=C(c2ccc(C)c(C)c2)C(=O)N(c2ccccc2)C1=O. The van der Waals surface area contributed by atoms with Crippen LogP contribution in [-0.2, 0) is 16.1 Å². The number of imide groups is 1. The minimum Gasteiger partial charge on any atom is -0.362 e. The van der Waals surface area contributed by atoms with Gasteiger partial charge in [-0.2, -0.15) is 0 Å². The van der Waals surface area contributed by atoms with Gasteiger partial charge in [0.25, 0.3) is 11.8 Å². The normalized spacial score (nSPS) is 13.8. The van der Waals surface area contributed by atoms with Crippen molar-refractivity contribution in [1.29, 1.82) is 0 Å². The summed E-state index contributed by atoms with van der Waals surface area (Å²) in [6, 6.07) is 25.1. The molecular formula is C27H26N2O2. The van der Waals surface area contributed by atoms with Crippen molar-refractivity contribution < 1.29 is 9.59 Å². The van der Waals surface area contributed by atoms with Gasteiger partial charge >= 0.3 is 0 Å². The monoisotopic (exact) mass is 410 g/mol. The zero-order valence-electron chi connectivity index (χ0n) is 18.1. The number of benzene rings is 3. The van der Waals surface area contributed by atoms with Crippen LogP contribution in [0, 0.1) is 13.8 Å². The largest absolute Gasteiger partial charge is 0.362 e. The van der Waals surface area contributed by atoms with E-state index in [1.165, 1.54) is 4.90 Å². The number of anilines is 1. The highest BCUT2D eigenvalue weighted by Crippen LogP contribution is 2.35. The van der Waals surface area contributed by atoms with Gasteiger partial charge in [-0.05, 0) is 55.2 Å². The fourth-order valence-corrected chi connectivity index (χ4v) is 3.93. The van der Waals surface area contributed by atoms with Crippen molar-refractivity contribution in [2.75, 3.05) is 11.4 Å². The molecule has 4 nitrogen and oxygen atoms in total. The maximum absolute atomic E-state index is 13.6. The molecule has 1 heterocycles. The van der Waals surface area contributed by atoms with E-state index in [0.29, 0.717) is 30.0 Å². The van der Waals surface area contributed by atoms with Gasteiger partial charge in [0.2, 0.25) is 0 Å². The number of carbonyl (C=O) groups is 2. The lowest BCUT2D eigenvalue weighted by Crippen LogP contribution is -2.35. The van der Waals surface area contributed by atoms with Crippen LogP contribution in [0.2, 0.25) is 0 Å². The Morgan fingerprint density at radius 2 is 1.42 bits per heavy atom. The second-order valence-corrected chi connectivity index (χ2v) is 7.80. The van der Waals surface area contributed by atoms with E-state index in [9.17, 15) is 9.59 Å². The van der Waals surface area contributed by atoms with E-state index in [1.54, 1.807) is 12.1 Å². The number of hydrogen-bond donors (Lipinski definition) is 0. The standard InChI is InChI=1S/C27H26N2O2/c1-4-28(18-21-11-7-5-8-12-21)25-24(22-16-15-19(2)20(3)17-22)26(30)29(27(25)31)23-13-9-6-10-14-23/h5-17H,4,18H2,1-3H3. The molecule has 3 aromatic carbocycles. The van der Waals surface area contributed by atoms with Gasteiger partial charge in [-0.3, -0.25) is 9.59 Å². The molecular weight excluding hydrogens is 384 g/mol. The summed E-state index contributed by atoms with van der Waals surface area (Å²) in [5.41, 5.74) is 5.63. The van der Waals surface area contributed by atoms with E-state index in [0.717, 1.165) is 22.3 Å². The van der Waals surface area contributed by atoms with E-state index < -0.39 is 0 Å². The number of likely N-dealkylation sites (N-methyl/N-ethyl adjacent to an activating group) is 1. The zero-order chi connectivity index (χ0) is 22.0. The lowest BCUT2D eigenvalue weighted by atomic mass is 9.99. The van der Waals surface area contributed by atoms with E-state index in [4.69, 9.17) is 0 Å². The summed E-state index contributed by atoms with van der Waals surface area (Å²) in [6.07, 6.45) is 0. The molecule has 0 bridgehead atoms. The van der Waals surface area contributed by atoms with Crippen LogP contribution < -0.4 is 4.90 Å². The Kier molecular flexibility index (Phi) is 5.72. The minimum atomic E-state index is -0.277. The summed E-state index contributed by atoms with van der Waals surface area (Å²) in [4.78, 5) is 30.6. The van der Waals surface area contributed by atoms with Gasteiger partial charge in [-0.15, -0.1) is 0 Å². The van der Waals surface area contributed by atoms with E-state index in [1.807, 2.05) is 92.4 Å². The number of nitrogens with zero attached hydrogens (tertiary/aromatic N) is 2. The quantitative estimate of drug-likeness (QED) is 0.530. The average Bonchev–Trinajstić information content (AvgIpc) is 3.05. The van der Waals surface area contributed by atoms with Crippen LogP contribution in [0.25, 0.3) is 5.57 Å². The van der Waals surface area contributed by atoms with E-state index in [-0.39, 0.29) is 11.8 Å². The summed E-state index contributed by atoms with van der Waals surface area (Å²) >= 11 is 0. The van der Waals surface area contributed by atoms with Crippen molar-refractivity contribution >= 4 is 23.1 Å². The van der Waals surface area contributed by atoms with Crippen LogP contribution in [0.3, 0.4) is 0 Å². The smallest absolute Gasteiger partial charge is 0.282 e. The first-order chi connectivity index (χ1) is 15.0. The Bertz CT molecular complexity index is 1150. The zero-order valence-corrected chi connectivity index (χ0v) is 18.1. The molecule has 0 spiro atoms. The molecule has 0 fully saturated rings. The summed E-state index contributed by atoms with van der Waals surface area (Å²) < 4.78 is 0. The number of carbonyl (C=O) groups excluding carboxylic acids is 2. The van der Waals surface area contributed by atoms with Crippen molar-refractivity contribution in [2.24, 2.45) is 0 Å². The minimum absolute atomic E-state index is 0.276. The van der Waals surface area contributed by atoms with Crippen LogP contribution >= 0.6 is 0 Å². The highest BCUT2D eigenvalue weighted by Gasteiger charge is 2.42. The second kappa shape index (κ2) is 8.60. The highest BCUT2D eigenvalue weighted by molar-refractivity contribution is 6.45. The molecule has 0 saturated carbocycles. The predicted octanol–water partition coefficient (Wildman–Crippen LogP) is 5.11. The third kappa shape index (κ3) is 3.89. The van der Waals surface area contributed by atoms with E-state index in [2.05, 4.69) is 0 Å². The average molecular weight is 411 g/mol. The first kappa shape index (κ1) is 20.6. The first-order valence-corrected chi connectivity index (χ1v) is 10.6. The maximum atomic E-state index is 13.6. The molecule has 0 saturated heterocycles. The molecule has 2 amide bonds. The predicted molar refractivity (Wildman–Crippen MR) is 124 cm³/mol. The molecule has 4 rings (SSSR count). The number of aryl methyl sites for hydroxylation is 2. The molecule has 0 atom stereocenters. The van der Waals surface area contributed by atoms with Crippen molar-refractivity contribution in [3.05, 3.63) is 107 Å². The summed E-state index contributed by atoms with van der Waals surface area (Å²) in [5.74, 6) is -0.553. The Morgan fingerprint density at radius 1 is 0.774 bits per heavy atom. The Labute approximate surface area is 183 Å². The first-order valence-electron chi connectivity index (χ1n) is 10.6. The summed E-state index contributed by atoms with van der Waals surface area (Å²) in [6.45, 7) is 7.25. The fraction of sp³-hybridized carbons (Fsp3) is 0.185. The van der Waals surface area contributed by atoms with Crippen LogP contribution in [0.1, 0.15) is 29.2 Å². The molecule has 0 radical (unpaired) electrons. The molecule has 156 valence electrons. The number of rotatable bonds is 6. The Balaban J connectivity index is 1.85. The Hall–Kier alpha value is -3.66. The molecule has 1 aliphatic heterocycles. The van der Waals surface area contributed by atoms with Gasteiger partial charge in [0.1, 0.15) is 5.70 Å². The lowest BCUT2D eigenvalue weighted by molar-refractivity contribution is -0.120. The molecule has 0 aromatic heterocycles. The van der Waals surface area contributed by atoms with Gasteiger partial charge < -0.3 is 4.90 Å². The third-order valence-electron chi connectivity index (χ3n) is 5.78. The molecule has 31 heavy (non-hydrogen) atoms. The molecule has 0 unspecified atom stereocenters. The van der Waals surface area contributed by atoms with E-state index >= 15 is 0 Å². The summed E-state index contributed by atoms with van der Waals surface area (Å²) in [5, 5.41) is 0. The van der Waals surface area contributed by atoms with Crippen molar-refractivity contribution in [3.63, 3.8) is 0 Å². The van der Waals surface area contributed by atoms with Crippen LogP contribution in [-0.4, -0.2) is 23.3 Å². The van der Waals surface area contributed by atoms with Crippen LogP contribution in [0.15, 0.2) is 84.6 Å². The number of amides is 2. The fourth-order valence-electron chi connectivity index (χ4n) is 3.93. The summed E-state index contributed by atoms with van der Waals surface area (Å²) in [7, 11) is 0. The lowest BCUT2D eigenvalue weighted by Gasteiger charge is -2.25. The van der Waals surface area contributed by atoms with Gasteiger partial charge in [0, 0.05) is 13.1 Å². The van der Waals surface area contributed by atoms with Crippen molar-refractivity contribution in [3.8, 4) is 0 Å². The van der Waals surface area contributed by atoms with Crippen LogP contribution in [0.5, 0.6) is 0 Å². The molecule has 0 N–H and O–H groups in total. The van der Waals surface area contributed by atoms with Crippen LogP contribution in [0.4, 0.5) is 5.69 Å². The maximum Gasteiger partial charge on any atom is 0.282 e. The van der Waals surface area contributed by atoms with Gasteiger partial charge in [-0.25, -0.2) is 4.90 Å². The van der Waals surface area contributed by atoms with Gasteiger partial charge in [-0.1, -0.05) is 66.7 Å². The third-order valence-corrected chi connectivity index (χ3v) is 5.78. The number of hydrogen-bond acceptors (Lipinski definition) is 3. The van der Waals surface area contributed by atoms with Gasteiger partial charge in [0.15, 0.2) is 0 Å².